The largest absolute Gasteiger partial charge is 0.297 e. The van der Waals surface area contributed by atoms with Gasteiger partial charge in [0.1, 0.15) is 0 Å². The zero-order valence-electron chi connectivity index (χ0n) is 9.39. The summed E-state index contributed by atoms with van der Waals surface area (Å²) in [6, 6.07) is 8.42. The molecule has 1 aromatic carbocycles. The maximum atomic E-state index is 11.2. The van der Waals surface area contributed by atoms with E-state index in [1.807, 2.05) is 6.08 Å². The van der Waals surface area contributed by atoms with Gasteiger partial charge in [-0.1, -0.05) is 36.9 Å². The topological polar surface area (TPSA) is 20.3 Å². The zero-order valence-corrected chi connectivity index (χ0v) is 10.2. The molecule has 0 aromatic heterocycles. The van der Waals surface area contributed by atoms with Gasteiger partial charge in [-0.25, -0.2) is 0 Å². The molecule has 2 nitrogen and oxygen atoms in total. The van der Waals surface area contributed by atoms with E-state index in [0.29, 0.717) is 0 Å². The van der Waals surface area contributed by atoms with Crippen LogP contribution in [0, 0.1) is 0 Å². The summed E-state index contributed by atoms with van der Waals surface area (Å²) in [4.78, 5) is 2.36. The second-order valence-corrected chi connectivity index (χ2v) is 5.77. The molecule has 3 heteroatoms. The van der Waals surface area contributed by atoms with Crippen LogP contribution in [0.5, 0.6) is 0 Å². The van der Waals surface area contributed by atoms with E-state index in [1.165, 1.54) is 5.56 Å². The SMILES string of the molecule is C=Cc1cccc(CN2CCS(=O)CC2)c1. The Morgan fingerprint density at radius 3 is 2.81 bits per heavy atom. The minimum absolute atomic E-state index is 0.583. The molecule has 1 aliphatic heterocycles. The molecule has 0 bridgehead atoms. The van der Waals surface area contributed by atoms with Crippen LogP contribution in [-0.2, 0) is 17.3 Å². The first-order valence-electron chi connectivity index (χ1n) is 5.56. The summed E-state index contributed by atoms with van der Waals surface area (Å²) < 4.78 is 11.2. The third-order valence-corrected chi connectivity index (χ3v) is 4.14. The summed E-state index contributed by atoms with van der Waals surface area (Å²) in [5.41, 5.74) is 2.48. The second kappa shape index (κ2) is 5.41. The average Bonchev–Trinajstić information content (AvgIpc) is 2.32. The molecule has 1 fully saturated rings. The third kappa shape index (κ3) is 3.03. The van der Waals surface area contributed by atoms with Gasteiger partial charge in [-0.3, -0.25) is 9.11 Å². The highest BCUT2D eigenvalue weighted by atomic mass is 32.2. The number of rotatable bonds is 3. The van der Waals surface area contributed by atoms with Crippen molar-refractivity contribution in [3.8, 4) is 0 Å². The fourth-order valence-electron chi connectivity index (χ4n) is 1.91. The van der Waals surface area contributed by atoms with Crippen LogP contribution < -0.4 is 0 Å². The van der Waals surface area contributed by atoms with Gasteiger partial charge in [0, 0.05) is 41.9 Å². The molecule has 0 N–H and O–H groups in total. The van der Waals surface area contributed by atoms with Gasteiger partial charge in [-0.15, -0.1) is 0 Å². The highest BCUT2D eigenvalue weighted by molar-refractivity contribution is 7.85. The fourth-order valence-corrected chi connectivity index (χ4v) is 3.04. The minimum Gasteiger partial charge on any atom is -0.297 e. The molecular formula is C13H17NOS. The second-order valence-electron chi connectivity index (χ2n) is 4.07. The third-order valence-electron chi connectivity index (χ3n) is 2.86. The quantitative estimate of drug-likeness (QED) is 0.797. The van der Waals surface area contributed by atoms with E-state index in [-0.39, 0.29) is 0 Å². The van der Waals surface area contributed by atoms with Gasteiger partial charge < -0.3 is 0 Å². The van der Waals surface area contributed by atoms with E-state index in [4.69, 9.17) is 0 Å². The smallest absolute Gasteiger partial charge is 0.0363 e. The van der Waals surface area contributed by atoms with E-state index in [2.05, 4.69) is 35.7 Å². The predicted molar refractivity (Wildman–Crippen MR) is 69.7 cm³/mol. The number of hydrogen-bond donors (Lipinski definition) is 0. The van der Waals surface area contributed by atoms with Crippen LogP contribution in [-0.4, -0.2) is 33.7 Å². The monoisotopic (exact) mass is 235 g/mol. The van der Waals surface area contributed by atoms with Crippen molar-refractivity contribution in [1.29, 1.82) is 0 Å². The van der Waals surface area contributed by atoms with Gasteiger partial charge in [-0.05, 0) is 11.1 Å². The van der Waals surface area contributed by atoms with Gasteiger partial charge in [0.05, 0.1) is 0 Å². The van der Waals surface area contributed by atoms with Crippen molar-refractivity contribution in [2.45, 2.75) is 6.54 Å². The lowest BCUT2D eigenvalue weighted by Crippen LogP contribution is -2.37. The molecule has 16 heavy (non-hydrogen) atoms. The highest BCUT2D eigenvalue weighted by Gasteiger charge is 2.14. The summed E-state index contributed by atoms with van der Waals surface area (Å²) in [5, 5.41) is 0. The highest BCUT2D eigenvalue weighted by Crippen LogP contribution is 2.11. The maximum absolute atomic E-state index is 11.2. The van der Waals surface area contributed by atoms with Crippen molar-refractivity contribution in [3.63, 3.8) is 0 Å². The average molecular weight is 235 g/mol. The molecule has 86 valence electrons. The van der Waals surface area contributed by atoms with Gasteiger partial charge in [0.25, 0.3) is 0 Å². The van der Waals surface area contributed by atoms with Crippen molar-refractivity contribution in [2.75, 3.05) is 24.6 Å². The van der Waals surface area contributed by atoms with Crippen molar-refractivity contribution in [2.24, 2.45) is 0 Å². The van der Waals surface area contributed by atoms with Gasteiger partial charge >= 0.3 is 0 Å². The van der Waals surface area contributed by atoms with E-state index in [0.717, 1.165) is 36.7 Å². The number of hydrogen-bond acceptors (Lipinski definition) is 2. The molecule has 0 aliphatic carbocycles. The van der Waals surface area contributed by atoms with Crippen LogP contribution >= 0.6 is 0 Å². The van der Waals surface area contributed by atoms with Crippen molar-refractivity contribution < 1.29 is 4.21 Å². The van der Waals surface area contributed by atoms with E-state index in [9.17, 15) is 4.21 Å². The Morgan fingerprint density at radius 2 is 2.12 bits per heavy atom. The Balaban J connectivity index is 1.98. The van der Waals surface area contributed by atoms with Gasteiger partial charge in [-0.2, -0.15) is 0 Å². The van der Waals surface area contributed by atoms with Gasteiger partial charge in [0.2, 0.25) is 0 Å². The summed E-state index contributed by atoms with van der Waals surface area (Å²) in [6.07, 6.45) is 1.87. The first-order valence-corrected chi connectivity index (χ1v) is 7.05. The fraction of sp³-hybridized carbons (Fsp3) is 0.385. The van der Waals surface area contributed by atoms with Crippen molar-refractivity contribution in [3.05, 3.63) is 42.0 Å². The predicted octanol–water partition coefficient (Wildman–Crippen LogP) is 1.89. The molecule has 1 aliphatic rings. The molecule has 0 saturated carbocycles. The van der Waals surface area contributed by atoms with Crippen LogP contribution in [0.3, 0.4) is 0 Å². The van der Waals surface area contributed by atoms with E-state index < -0.39 is 10.8 Å². The number of nitrogens with zero attached hydrogens (tertiary/aromatic N) is 1. The van der Waals surface area contributed by atoms with Crippen LogP contribution in [0.25, 0.3) is 6.08 Å². The van der Waals surface area contributed by atoms with Crippen LogP contribution in [0.2, 0.25) is 0 Å². The maximum Gasteiger partial charge on any atom is 0.0363 e. The molecular weight excluding hydrogens is 218 g/mol. The molecule has 1 aromatic rings. The summed E-state index contributed by atoms with van der Waals surface area (Å²) in [5.74, 6) is 1.64. The summed E-state index contributed by atoms with van der Waals surface area (Å²) in [7, 11) is -0.583. The van der Waals surface area contributed by atoms with E-state index in [1.54, 1.807) is 0 Å². The summed E-state index contributed by atoms with van der Waals surface area (Å²) >= 11 is 0. The molecule has 0 unspecified atom stereocenters. The Hall–Kier alpha value is -0.930. The standard InChI is InChI=1S/C13H17NOS/c1-2-12-4-3-5-13(10-12)11-14-6-8-16(15)9-7-14/h2-5,10H,1,6-9,11H2. The van der Waals surface area contributed by atoms with E-state index >= 15 is 0 Å². The van der Waals surface area contributed by atoms with Crippen molar-refractivity contribution in [1.82, 2.24) is 4.90 Å². The van der Waals surface area contributed by atoms with Crippen LogP contribution in [0.1, 0.15) is 11.1 Å². The Kier molecular flexibility index (Phi) is 3.91. The molecule has 0 radical (unpaired) electrons. The lowest BCUT2D eigenvalue weighted by molar-refractivity contribution is 0.291. The van der Waals surface area contributed by atoms with Crippen LogP contribution in [0.4, 0.5) is 0 Å². The lowest BCUT2D eigenvalue weighted by Gasteiger charge is -2.26. The number of benzene rings is 1. The zero-order chi connectivity index (χ0) is 11.4. The minimum atomic E-state index is -0.583. The molecule has 0 atom stereocenters. The molecule has 0 amide bonds. The van der Waals surface area contributed by atoms with Crippen LogP contribution in [0.15, 0.2) is 30.8 Å². The Bertz CT molecular complexity index is 393. The molecule has 2 rings (SSSR count). The Labute approximate surface area is 99.4 Å². The Morgan fingerprint density at radius 1 is 1.38 bits per heavy atom. The first-order chi connectivity index (χ1) is 7.78. The first kappa shape index (κ1) is 11.6. The summed E-state index contributed by atoms with van der Waals surface area (Å²) in [6.45, 7) is 6.63. The van der Waals surface area contributed by atoms with Crippen molar-refractivity contribution >= 4 is 16.9 Å². The molecule has 1 saturated heterocycles. The molecule has 0 spiro atoms. The van der Waals surface area contributed by atoms with Gasteiger partial charge in [0.15, 0.2) is 0 Å². The normalized spacial score (nSPS) is 18.5. The lowest BCUT2D eigenvalue weighted by atomic mass is 10.1. The molecule has 1 heterocycles.